The first-order chi connectivity index (χ1) is 12.3. The fourth-order valence-corrected chi connectivity index (χ4v) is 3.94. The summed E-state index contributed by atoms with van der Waals surface area (Å²) in [6, 6.07) is 12.2. The van der Waals surface area contributed by atoms with Crippen molar-refractivity contribution in [1.82, 2.24) is 0 Å². The van der Waals surface area contributed by atoms with Gasteiger partial charge in [-0.05, 0) is 38.1 Å². The van der Waals surface area contributed by atoms with Crippen LogP contribution < -0.4 is 9.62 Å². The number of sulfonamides is 1. The van der Waals surface area contributed by atoms with Crippen LogP contribution in [0.4, 0.5) is 17.1 Å². The predicted molar refractivity (Wildman–Crippen MR) is 99.9 cm³/mol. The first-order valence-corrected chi connectivity index (χ1v) is 9.49. The summed E-state index contributed by atoms with van der Waals surface area (Å²) in [5, 5.41) is 23.4. The smallest absolute Gasteiger partial charge is 0.293 e. The van der Waals surface area contributed by atoms with Crippen molar-refractivity contribution in [2.75, 3.05) is 22.7 Å². The predicted octanol–water partition coefficient (Wildman–Crippen LogP) is 2.60. The van der Waals surface area contributed by atoms with Crippen molar-refractivity contribution in [3.8, 4) is 0 Å². The molecule has 26 heavy (non-hydrogen) atoms. The molecule has 140 valence electrons. The van der Waals surface area contributed by atoms with Crippen molar-refractivity contribution in [3.05, 3.63) is 58.6 Å². The van der Waals surface area contributed by atoms with Crippen molar-refractivity contribution in [1.29, 1.82) is 0 Å². The molecule has 8 nitrogen and oxygen atoms in total. The second-order valence-electron chi connectivity index (χ2n) is 5.67. The molecule has 0 unspecified atom stereocenters. The normalized spacial score (nSPS) is 12.4. The number of para-hydroxylation sites is 1. The Bertz CT molecular complexity index is 869. The SMILES string of the molecule is CCN(c1ccccc1)S(=O)(=O)c1ccc(NC[C@H](C)O)c([N+](=O)[O-])c1. The molecule has 1 atom stereocenters. The molecule has 0 aliphatic carbocycles. The average Bonchev–Trinajstić information content (AvgIpc) is 2.61. The topological polar surface area (TPSA) is 113 Å². The van der Waals surface area contributed by atoms with Gasteiger partial charge < -0.3 is 10.4 Å². The van der Waals surface area contributed by atoms with Gasteiger partial charge >= 0.3 is 0 Å². The highest BCUT2D eigenvalue weighted by Gasteiger charge is 2.27. The monoisotopic (exact) mass is 379 g/mol. The Balaban J connectivity index is 2.46. The summed E-state index contributed by atoms with van der Waals surface area (Å²) in [5.41, 5.74) is 0.266. The number of nitrogens with zero attached hydrogens (tertiary/aromatic N) is 2. The Labute approximate surface area is 152 Å². The van der Waals surface area contributed by atoms with Crippen LogP contribution in [0.25, 0.3) is 0 Å². The third kappa shape index (κ3) is 4.30. The van der Waals surface area contributed by atoms with E-state index in [-0.39, 0.29) is 29.4 Å². The summed E-state index contributed by atoms with van der Waals surface area (Å²) in [6.07, 6.45) is -0.702. The second-order valence-corrected chi connectivity index (χ2v) is 7.53. The second kappa shape index (κ2) is 8.15. The lowest BCUT2D eigenvalue weighted by atomic mass is 10.2. The molecule has 0 radical (unpaired) electrons. The van der Waals surface area contributed by atoms with Crippen LogP contribution in [-0.2, 0) is 10.0 Å². The molecule has 0 fully saturated rings. The molecule has 2 rings (SSSR count). The fraction of sp³-hybridized carbons (Fsp3) is 0.294. The maximum atomic E-state index is 13.0. The molecule has 0 bridgehead atoms. The van der Waals surface area contributed by atoms with E-state index in [4.69, 9.17) is 0 Å². The molecule has 0 aliphatic heterocycles. The van der Waals surface area contributed by atoms with Crippen molar-refractivity contribution in [2.24, 2.45) is 0 Å². The van der Waals surface area contributed by atoms with E-state index in [9.17, 15) is 23.6 Å². The maximum absolute atomic E-state index is 13.0. The lowest BCUT2D eigenvalue weighted by molar-refractivity contribution is -0.384. The van der Waals surface area contributed by atoms with Crippen LogP contribution in [0.2, 0.25) is 0 Å². The number of nitro groups is 1. The van der Waals surface area contributed by atoms with E-state index in [1.807, 2.05) is 0 Å². The van der Waals surface area contributed by atoms with Gasteiger partial charge in [0.2, 0.25) is 0 Å². The molecule has 0 saturated heterocycles. The van der Waals surface area contributed by atoms with E-state index in [2.05, 4.69) is 5.32 Å². The molecular weight excluding hydrogens is 358 g/mol. The number of nitro benzene ring substituents is 1. The first-order valence-electron chi connectivity index (χ1n) is 8.05. The summed E-state index contributed by atoms with van der Waals surface area (Å²) in [6.45, 7) is 3.52. The Morgan fingerprint density at radius 3 is 2.42 bits per heavy atom. The van der Waals surface area contributed by atoms with Crippen LogP contribution in [0.3, 0.4) is 0 Å². The Hall–Kier alpha value is -2.65. The van der Waals surface area contributed by atoms with E-state index in [0.717, 1.165) is 6.07 Å². The van der Waals surface area contributed by atoms with Crippen LogP contribution in [0.5, 0.6) is 0 Å². The number of benzene rings is 2. The largest absolute Gasteiger partial charge is 0.392 e. The van der Waals surface area contributed by atoms with Crippen LogP contribution in [0.15, 0.2) is 53.4 Å². The number of nitrogens with one attached hydrogen (secondary N) is 1. The van der Waals surface area contributed by atoms with E-state index in [1.54, 1.807) is 37.3 Å². The summed E-state index contributed by atoms with van der Waals surface area (Å²) in [5.74, 6) is 0. The standard InChI is InChI=1S/C17H21N3O5S/c1-3-19(14-7-5-4-6-8-14)26(24,25)15-9-10-16(18-12-13(2)21)17(11-15)20(22)23/h4-11,13,18,21H,3,12H2,1-2H3/t13-/m0/s1. The summed E-state index contributed by atoms with van der Waals surface area (Å²) in [7, 11) is -3.96. The molecule has 0 saturated carbocycles. The minimum Gasteiger partial charge on any atom is -0.392 e. The number of anilines is 2. The molecule has 2 aromatic rings. The average molecular weight is 379 g/mol. The molecule has 0 amide bonds. The van der Waals surface area contributed by atoms with Gasteiger partial charge in [-0.1, -0.05) is 18.2 Å². The van der Waals surface area contributed by atoms with Gasteiger partial charge in [0.1, 0.15) is 5.69 Å². The Morgan fingerprint density at radius 1 is 1.23 bits per heavy atom. The third-order valence-corrected chi connectivity index (χ3v) is 5.57. The van der Waals surface area contributed by atoms with E-state index in [1.165, 1.54) is 23.4 Å². The van der Waals surface area contributed by atoms with E-state index < -0.39 is 21.1 Å². The van der Waals surface area contributed by atoms with Crippen LogP contribution in [0, 0.1) is 10.1 Å². The van der Waals surface area contributed by atoms with Crippen LogP contribution in [0.1, 0.15) is 13.8 Å². The highest BCUT2D eigenvalue weighted by atomic mass is 32.2. The highest BCUT2D eigenvalue weighted by molar-refractivity contribution is 7.92. The minimum absolute atomic E-state index is 0.109. The number of hydrogen-bond donors (Lipinski definition) is 2. The number of hydrogen-bond acceptors (Lipinski definition) is 6. The van der Waals surface area contributed by atoms with E-state index >= 15 is 0 Å². The van der Waals surface area contributed by atoms with Crippen LogP contribution in [-0.4, -0.2) is 37.6 Å². The number of aliphatic hydroxyl groups excluding tert-OH is 1. The summed E-state index contributed by atoms with van der Waals surface area (Å²) < 4.78 is 27.1. The van der Waals surface area contributed by atoms with Crippen LogP contribution >= 0.6 is 0 Å². The van der Waals surface area contributed by atoms with Gasteiger partial charge in [-0.3, -0.25) is 14.4 Å². The fourth-order valence-electron chi connectivity index (χ4n) is 2.44. The van der Waals surface area contributed by atoms with Crippen molar-refractivity contribution < 1.29 is 18.4 Å². The summed E-state index contributed by atoms with van der Waals surface area (Å²) >= 11 is 0. The Morgan fingerprint density at radius 2 is 1.88 bits per heavy atom. The van der Waals surface area contributed by atoms with Gasteiger partial charge in [0, 0.05) is 19.2 Å². The van der Waals surface area contributed by atoms with Crippen molar-refractivity contribution in [3.63, 3.8) is 0 Å². The lowest BCUT2D eigenvalue weighted by Gasteiger charge is -2.23. The van der Waals surface area contributed by atoms with Gasteiger partial charge in [-0.15, -0.1) is 0 Å². The number of rotatable bonds is 8. The molecule has 0 aromatic heterocycles. The zero-order valence-electron chi connectivity index (χ0n) is 14.5. The zero-order valence-corrected chi connectivity index (χ0v) is 15.3. The molecule has 0 heterocycles. The minimum atomic E-state index is -3.96. The van der Waals surface area contributed by atoms with Gasteiger partial charge in [-0.25, -0.2) is 8.42 Å². The number of aliphatic hydroxyl groups is 1. The third-order valence-electron chi connectivity index (χ3n) is 3.67. The molecule has 0 spiro atoms. The van der Waals surface area contributed by atoms with Gasteiger partial charge in [0.25, 0.3) is 15.7 Å². The maximum Gasteiger partial charge on any atom is 0.293 e. The molecule has 2 N–H and O–H groups in total. The van der Waals surface area contributed by atoms with E-state index in [0.29, 0.717) is 5.69 Å². The van der Waals surface area contributed by atoms with Gasteiger partial charge in [-0.2, -0.15) is 0 Å². The van der Waals surface area contributed by atoms with Gasteiger partial charge in [0.15, 0.2) is 0 Å². The molecule has 9 heteroatoms. The summed E-state index contributed by atoms with van der Waals surface area (Å²) in [4.78, 5) is 10.5. The quantitative estimate of drug-likeness (QED) is 0.538. The van der Waals surface area contributed by atoms with Gasteiger partial charge in [0.05, 0.1) is 21.6 Å². The van der Waals surface area contributed by atoms with Crippen molar-refractivity contribution >= 4 is 27.1 Å². The molecule has 2 aromatic carbocycles. The zero-order chi connectivity index (χ0) is 19.3. The lowest BCUT2D eigenvalue weighted by Crippen LogP contribution is -2.30. The van der Waals surface area contributed by atoms with Crippen molar-refractivity contribution in [2.45, 2.75) is 24.8 Å². The Kier molecular flexibility index (Phi) is 6.17. The molecular formula is C17H21N3O5S. The first kappa shape index (κ1) is 19.7. The highest BCUT2D eigenvalue weighted by Crippen LogP contribution is 2.30. The molecule has 0 aliphatic rings.